The third-order valence-electron chi connectivity index (χ3n) is 2.89. The van der Waals surface area contributed by atoms with Gasteiger partial charge in [0.15, 0.2) is 0 Å². The Bertz CT molecular complexity index is 428. The molecule has 0 saturated carbocycles. The first-order valence-electron chi connectivity index (χ1n) is 5.67. The number of aliphatic hydroxyl groups is 1. The van der Waals surface area contributed by atoms with Crippen LogP contribution >= 0.6 is 0 Å². The highest BCUT2D eigenvalue weighted by molar-refractivity contribution is 6.06. The molecule has 1 N–H and O–H groups in total. The number of hydrogen-bond acceptors (Lipinski definition) is 3. The van der Waals surface area contributed by atoms with E-state index < -0.39 is 6.10 Å². The van der Waals surface area contributed by atoms with Gasteiger partial charge in [-0.05, 0) is 12.5 Å². The molecule has 2 rings (SSSR count). The van der Waals surface area contributed by atoms with Crippen molar-refractivity contribution in [2.24, 2.45) is 0 Å². The van der Waals surface area contributed by atoms with E-state index >= 15 is 0 Å². The first-order chi connectivity index (χ1) is 8.09. The molecule has 17 heavy (non-hydrogen) atoms. The summed E-state index contributed by atoms with van der Waals surface area (Å²) < 4.78 is 0. The molecule has 4 heteroatoms. The maximum absolute atomic E-state index is 12.0. The first kappa shape index (κ1) is 11.8. The molecule has 1 heterocycles. The van der Waals surface area contributed by atoms with Gasteiger partial charge in [0.1, 0.15) is 0 Å². The highest BCUT2D eigenvalue weighted by Gasteiger charge is 2.39. The number of aliphatic hydroxyl groups excluding tert-OH is 1. The monoisotopic (exact) mass is 233 g/mol. The second-order valence-corrected chi connectivity index (χ2v) is 4.36. The predicted octanol–water partition coefficient (Wildman–Crippen LogP) is 0.910. The van der Waals surface area contributed by atoms with Crippen molar-refractivity contribution in [3.8, 4) is 0 Å². The van der Waals surface area contributed by atoms with E-state index in [4.69, 9.17) is 0 Å². The normalized spacial score (nSPS) is 22.0. The van der Waals surface area contributed by atoms with Crippen molar-refractivity contribution in [2.75, 3.05) is 6.54 Å². The van der Waals surface area contributed by atoms with E-state index in [1.807, 2.05) is 30.3 Å². The minimum atomic E-state index is -0.683. The van der Waals surface area contributed by atoms with E-state index in [9.17, 15) is 14.7 Å². The molecule has 0 aliphatic carbocycles. The SMILES string of the molecule is CC(O)CN1C(=O)CC(c2ccccc2)C1=O. The fourth-order valence-corrected chi connectivity index (χ4v) is 2.08. The van der Waals surface area contributed by atoms with Gasteiger partial charge in [0.2, 0.25) is 11.8 Å². The van der Waals surface area contributed by atoms with E-state index in [2.05, 4.69) is 0 Å². The molecule has 90 valence electrons. The average molecular weight is 233 g/mol. The number of benzene rings is 1. The number of nitrogens with zero attached hydrogens (tertiary/aromatic N) is 1. The third kappa shape index (κ3) is 2.36. The number of carbonyl (C=O) groups excluding carboxylic acids is 2. The lowest BCUT2D eigenvalue weighted by molar-refractivity contribution is -0.140. The Morgan fingerprint density at radius 1 is 1.35 bits per heavy atom. The Morgan fingerprint density at radius 3 is 2.59 bits per heavy atom. The van der Waals surface area contributed by atoms with Crippen molar-refractivity contribution in [3.63, 3.8) is 0 Å². The summed E-state index contributed by atoms with van der Waals surface area (Å²) in [4.78, 5) is 24.9. The molecule has 2 atom stereocenters. The van der Waals surface area contributed by atoms with Crippen LogP contribution in [0.1, 0.15) is 24.8 Å². The third-order valence-corrected chi connectivity index (χ3v) is 2.89. The molecule has 1 aliphatic rings. The average Bonchev–Trinajstić information content (AvgIpc) is 2.58. The molecule has 0 spiro atoms. The van der Waals surface area contributed by atoms with Gasteiger partial charge in [-0.3, -0.25) is 14.5 Å². The lowest BCUT2D eigenvalue weighted by Gasteiger charge is -2.16. The topological polar surface area (TPSA) is 57.6 Å². The van der Waals surface area contributed by atoms with E-state index in [1.165, 1.54) is 0 Å². The van der Waals surface area contributed by atoms with Gasteiger partial charge in [-0.15, -0.1) is 0 Å². The van der Waals surface area contributed by atoms with Gasteiger partial charge >= 0.3 is 0 Å². The number of hydrogen-bond donors (Lipinski definition) is 1. The van der Waals surface area contributed by atoms with E-state index in [0.29, 0.717) is 0 Å². The van der Waals surface area contributed by atoms with Crippen LogP contribution in [0.25, 0.3) is 0 Å². The largest absolute Gasteiger partial charge is 0.392 e. The van der Waals surface area contributed by atoms with Gasteiger partial charge in [-0.2, -0.15) is 0 Å². The van der Waals surface area contributed by atoms with Gasteiger partial charge in [0.25, 0.3) is 0 Å². The minimum Gasteiger partial charge on any atom is -0.392 e. The van der Waals surface area contributed by atoms with E-state index in [0.717, 1.165) is 10.5 Å². The summed E-state index contributed by atoms with van der Waals surface area (Å²) in [7, 11) is 0. The molecule has 4 nitrogen and oxygen atoms in total. The summed E-state index contributed by atoms with van der Waals surface area (Å²) in [6.07, 6.45) is -0.479. The quantitative estimate of drug-likeness (QED) is 0.789. The number of rotatable bonds is 3. The van der Waals surface area contributed by atoms with Crippen molar-refractivity contribution < 1.29 is 14.7 Å². The predicted molar refractivity (Wildman–Crippen MR) is 62.2 cm³/mol. The second-order valence-electron chi connectivity index (χ2n) is 4.36. The van der Waals surface area contributed by atoms with Crippen molar-refractivity contribution in [1.29, 1.82) is 0 Å². The summed E-state index contributed by atoms with van der Waals surface area (Å²) in [5.74, 6) is -0.797. The van der Waals surface area contributed by atoms with Gasteiger partial charge in [0.05, 0.1) is 18.6 Å². The van der Waals surface area contributed by atoms with Crippen LogP contribution in [0, 0.1) is 0 Å². The van der Waals surface area contributed by atoms with Crippen LogP contribution in [-0.2, 0) is 9.59 Å². The Morgan fingerprint density at radius 2 is 2.00 bits per heavy atom. The summed E-state index contributed by atoms with van der Waals surface area (Å²) in [5, 5.41) is 9.26. The summed E-state index contributed by atoms with van der Waals surface area (Å²) in [6, 6.07) is 9.27. The molecule has 1 aliphatic heterocycles. The lowest BCUT2D eigenvalue weighted by atomic mass is 9.98. The zero-order valence-electron chi connectivity index (χ0n) is 9.67. The highest BCUT2D eigenvalue weighted by atomic mass is 16.3. The zero-order chi connectivity index (χ0) is 12.4. The minimum absolute atomic E-state index is 0.0843. The second kappa shape index (κ2) is 4.67. The fraction of sp³-hybridized carbons (Fsp3) is 0.385. The lowest BCUT2D eigenvalue weighted by Crippen LogP contribution is -2.36. The van der Waals surface area contributed by atoms with Crippen LogP contribution in [0.15, 0.2) is 30.3 Å². The Balaban J connectivity index is 2.19. The molecule has 0 bridgehead atoms. The molecule has 1 aromatic carbocycles. The summed E-state index contributed by atoms with van der Waals surface area (Å²) in [5.41, 5.74) is 0.860. The molecular weight excluding hydrogens is 218 g/mol. The Kier molecular flexibility index (Phi) is 3.24. The number of imide groups is 1. The number of amides is 2. The molecule has 1 fully saturated rings. The van der Waals surface area contributed by atoms with Crippen molar-refractivity contribution in [2.45, 2.75) is 25.4 Å². The number of likely N-dealkylation sites (tertiary alicyclic amines) is 1. The Hall–Kier alpha value is -1.68. The molecular formula is C13H15NO3. The number of carbonyl (C=O) groups is 2. The molecule has 1 aromatic rings. The maximum Gasteiger partial charge on any atom is 0.237 e. The van der Waals surface area contributed by atoms with Crippen molar-refractivity contribution in [3.05, 3.63) is 35.9 Å². The first-order valence-corrected chi connectivity index (χ1v) is 5.67. The van der Waals surface area contributed by atoms with Crippen LogP contribution in [-0.4, -0.2) is 34.5 Å². The maximum atomic E-state index is 12.0. The molecule has 0 aromatic heterocycles. The van der Waals surface area contributed by atoms with Crippen molar-refractivity contribution >= 4 is 11.8 Å². The standard InChI is InChI=1S/C13H15NO3/c1-9(15)8-14-12(16)7-11(13(14)17)10-5-3-2-4-6-10/h2-6,9,11,15H,7-8H2,1H3. The number of β-amino-alcohol motifs (C(OH)–C–C–N with tert-alkyl or cyclic N) is 1. The zero-order valence-corrected chi connectivity index (χ0v) is 9.67. The van der Waals surface area contributed by atoms with Gasteiger partial charge in [0, 0.05) is 6.42 Å². The summed E-state index contributed by atoms with van der Waals surface area (Å²) >= 11 is 0. The fourth-order valence-electron chi connectivity index (χ4n) is 2.08. The van der Waals surface area contributed by atoms with Crippen molar-refractivity contribution in [1.82, 2.24) is 4.90 Å². The van der Waals surface area contributed by atoms with Crippen LogP contribution < -0.4 is 0 Å². The highest BCUT2D eigenvalue weighted by Crippen LogP contribution is 2.29. The van der Waals surface area contributed by atoms with Gasteiger partial charge in [-0.25, -0.2) is 0 Å². The summed E-state index contributed by atoms with van der Waals surface area (Å²) in [6.45, 7) is 1.65. The van der Waals surface area contributed by atoms with Gasteiger partial charge in [-0.1, -0.05) is 30.3 Å². The van der Waals surface area contributed by atoms with E-state index in [1.54, 1.807) is 6.92 Å². The van der Waals surface area contributed by atoms with Crippen LogP contribution in [0.5, 0.6) is 0 Å². The smallest absolute Gasteiger partial charge is 0.237 e. The van der Waals surface area contributed by atoms with Crippen LogP contribution in [0.2, 0.25) is 0 Å². The Labute approximate surface area is 99.9 Å². The van der Waals surface area contributed by atoms with Gasteiger partial charge < -0.3 is 5.11 Å². The van der Waals surface area contributed by atoms with Crippen LogP contribution in [0.3, 0.4) is 0 Å². The molecule has 2 unspecified atom stereocenters. The van der Waals surface area contributed by atoms with E-state index in [-0.39, 0.29) is 30.7 Å². The molecule has 2 amide bonds. The molecule has 1 saturated heterocycles. The molecule has 0 radical (unpaired) electrons. The van der Waals surface area contributed by atoms with Crippen LogP contribution in [0.4, 0.5) is 0 Å².